The first kappa shape index (κ1) is 8.83. The molecule has 4 nitrogen and oxygen atoms in total. The van der Waals surface area contributed by atoms with Gasteiger partial charge < -0.3 is 15.3 Å². The molecular formula is CoNO3+. The van der Waals surface area contributed by atoms with Crippen LogP contribution < -0.4 is 0 Å². The number of hydrogen-bond acceptors (Lipinski definition) is 3. The Morgan fingerprint density at radius 3 is 1.40 bits per heavy atom. The van der Waals surface area contributed by atoms with E-state index in [9.17, 15) is 0 Å². The molecule has 5 heavy (non-hydrogen) atoms. The fourth-order valence-electron chi connectivity index (χ4n) is 0. The van der Waals surface area contributed by atoms with Gasteiger partial charge in [0, 0.05) is 0 Å². The number of hydrogen-bond donors (Lipinski definition) is 0. The molecular weight excluding hydrogens is 121 g/mol. The van der Waals surface area contributed by atoms with Gasteiger partial charge in [-0.15, -0.1) is 0 Å². The molecule has 0 saturated heterocycles. The zero-order valence-corrected chi connectivity index (χ0v) is 3.05. The summed E-state index contributed by atoms with van der Waals surface area (Å²) in [4.78, 5) is 8.25. The van der Waals surface area contributed by atoms with Crippen LogP contribution in [0.25, 0.3) is 0 Å². The van der Waals surface area contributed by atoms with Crippen LogP contribution in [0.1, 0.15) is 0 Å². The Morgan fingerprint density at radius 2 is 1.40 bits per heavy atom. The van der Waals surface area contributed by atoms with Gasteiger partial charge in [-0.05, 0) is 0 Å². The van der Waals surface area contributed by atoms with E-state index in [2.05, 4.69) is 0 Å². The van der Waals surface area contributed by atoms with Crippen molar-refractivity contribution in [3.05, 3.63) is 15.3 Å². The van der Waals surface area contributed by atoms with E-state index in [4.69, 9.17) is 15.3 Å². The van der Waals surface area contributed by atoms with Gasteiger partial charge in [0.25, 0.3) is 0 Å². The van der Waals surface area contributed by atoms with Gasteiger partial charge in [0.05, 0.1) is 5.09 Å². The second-order valence-electron chi connectivity index (χ2n) is 0.224. The molecule has 0 aliphatic carbocycles. The minimum Gasteiger partial charge on any atom is -0.356 e. The van der Waals surface area contributed by atoms with Crippen LogP contribution in [0.15, 0.2) is 0 Å². The summed E-state index contributed by atoms with van der Waals surface area (Å²) in [5.41, 5.74) is 0. The summed E-state index contributed by atoms with van der Waals surface area (Å²) >= 11 is 0. The van der Waals surface area contributed by atoms with Crippen molar-refractivity contribution < 1.29 is 21.9 Å². The molecule has 0 rings (SSSR count). The molecule has 0 spiro atoms. The molecule has 0 aromatic heterocycles. The minimum atomic E-state index is -1.75. The third-order valence-electron chi connectivity index (χ3n) is 0. The quantitative estimate of drug-likeness (QED) is 0.328. The Bertz CT molecular complexity index is 29.9. The Kier molecular flexibility index (Phi) is 6.54. The van der Waals surface area contributed by atoms with Crippen molar-refractivity contribution in [2.75, 3.05) is 0 Å². The van der Waals surface area contributed by atoms with Gasteiger partial charge in [0.2, 0.25) is 0 Å². The molecule has 0 aromatic rings. The summed E-state index contributed by atoms with van der Waals surface area (Å²) in [7, 11) is 0. The molecule has 5 heteroatoms. The monoisotopic (exact) mass is 121 g/mol. The standard InChI is InChI=1S/Co.NO3/c;2-1(3)4/q+2;-1. The molecule has 0 N–H and O–H groups in total. The maximum absolute atomic E-state index is 8.25. The Balaban J connectivity index is 0. The molecule has 1 radical (unpaired) electrons. The van der Waals surface area contributed by atoms with Gasteiger partial charge >= 0.3 is 16.8 Å². The van der Waals surface area contributed by atoms with Crippen LogP contribution in [0.3, 0.4) is 0 Å². The van der Waals surface area contributed by atoms with E-state index in [-0.39, 0.29) is 16.8 Å². The number of rotatable bonds is 0. The summed E-state index contributed by atoms with van der Waals surface area (Å²) < 4.78 is 0. The molecule has 0 aromatic carbocycles. The van der Waals surface area contributed by atoms with Crippen LogP contribution in [0.4, 0.5) is 0 Å². The normalized spacial score (nSPS) is 4.80. The van der Waals surface area contributed by atoms with Crippen LogP contribution in [0.5, 0.6) is 0 Å². The van der Waals surface area contributed by atoms with E-state index in [1.54, 1.807) is 0 Å². The zero-order valence-electron chi connectivity index (χ0n) is 2.01. The minimum absolute atomic E-state index is 0. The molecule has 0 saturated carbocycles. The molecule has 0 heterocycles. The maximum Gasteiger partial charge on any atom is 2.00 e. The second kappa shape index (κ2) is 3.71. The van der Waals surface area contributed by atoms with Crippen molar-refractivity contribution in [3.63, 3.8) is 0 Å². The van der Waals surface area contributed by atoms with Crippen molar-refractivity contribution >= 4 is 0 Å². The van der Waals surface area contributed by atoms with Crippen molar-refractivity contribution in [2.45, 2.75) is 0 Å². The largest absolute Gasteiger partial charge is 2.00 e. The van der Waals surface area contributed by atoms with Gasteiger partial charge in [0.15, 0.2) is 0 Å². The first-order chi connectivity index (χ1) is 1.73. The fraction of sp³-hybridized carbons (Fsp3) is 0. The first-order valence-electron chi connectivity index (χ1n) is 0.548. The van der Waals surface area contributed by atoms with Crippen molar-refractivity contribution in [1.29, 1.82) is 0 Å². The summed E-state index contributed by atoms with van der Waals surface area (Å²) in [6, 6.07) is 0. The van der Waals surface area contributed by atoms with E-state index in [1.165, 1.54) is 0 Å². The molecule has 0 aliphatic rings. The van der Waals surface area contributed by atoms with Crippen molar-refractivity contribution in [1.82, 2.24) is 0 Å². The number of nitrogens with zero attached hydrogens (tertiary/aromatic N) is 1. The third-order valence-corrected chi connectivity index (χ3v) is 0. The van der Waals surface area contributed by atoms with Gasteiger partial charge in [-0.1, -0.05) is 0 Å². The average molecular weight is 121 g/mol. The Hall–Kier alpha value is -0.294. The molecule has 0 atom stereocenters. The Labute approximate surface area is 38.1 Å². The third kappa shape index (κ3) is 125. The van der Waals surface area contributed by atoms with Gasteiger partial charge in [-0.2, -0.15) is 0 Å². The van der Waals surface area contributed by atoms with Crippen LogP contribution in [-0.4, -0.2) is 5.09 Å². The fourth-order valence-corrected chi connectivity index (χ4v) is 0. The van der Waals surface area contributed by atoms with Crippen LogP contribution in [0, 0.1) is 15.3 Å². The topological polar surface area (TPSA) is 66.2 Å². The van der Waals surface area contributed by atoms with Crippen LogP contribution in [-0.2, 0) is 16.8 Å². The SMILES string of the molecule is O=[N+]([O-])[O-].[Co+2]. The molecule has 0 fully saturated rings. The van der Waals surface area contributed by atoms with Gasteiger partial charge in [-0.25, -0.2) is 0 Å². The van der Waals surface area contributed by atoms with E-state index < -0.39 is 5.09 Å². The molecule has 0 unspecified atom stereocenters. The van der Waals surface area contributed by atoms with Gasteiger partial charge in [0.1, 0.15) is 0 Å². The smallest absolute Gasteiger partial charge is 0.356 e. The van der Waals surface area contributed by atoms with Crippen molar-refractivity contribution in [2.24, 2.45) is 0 Å². The summed E-state index contributed by atoms with van der Waals surface area (Å²) in [5.74, 6) is 0. The zero-order chi connectivity index (χ0) is 3.58. The van der Waals surface area contributed by atoms with Crippen LogP contribution in [0.2, 0.25) is 0 Å². The summed E-state index contributed by atoms with van der Waals surface area (Å²) in [5, 5.41) is 14.8. The molecule has 0 aliphatic heterocycles. The maximum atomic E-state index is 8.25. The predicted octanol–water partition coefficient (Wildman–Crippen LogP) is -0.242. The van der Waals surface area contributed by atoms with E-state index in [0.717, 1.165) is 0 Å². The first-order valence-corrected chi connectivity index (χ1v) is 0.548. The van der Waals surface area contributed by atoms with Crippen molar-refractivity contribution in [3.8, 4) is 0 Å². The average Bonchev–Trinajstić information content (AvgIpc) is 0.811. The Morgan fingerprint density at radius 1 is 1.40 bits per heavy atom. The van der Waals surface area contributed by atoms with Gasteiger partial charge in [-0.3, -0.25) is 0 Å². The molecule has 0 bridgehead atoms. The summed E-state index contributed by atoms with van der Waals surface area (Å²) in [6.07, 6.45) is 0. The molecule has 31 valence electrons. The second-order valence-corrected chi connectivity index (χ2v) is 0.224. The van der Waals surface area contributed by atoms with E-state index >= 15 is 0 Å². The van der Waals surface area contributed by atoms with Crippen LogP contribution >= 0.6 is 0 Å². The van der Waals surface area contributed by atoms with E-state index in [0.29, 0.717) is 0 Å². The summed E-state index contributed by atoms with van der Waals surface area (Å²) in [6.45, 7) is 0. The predicted molar refractivity (Wildman–Crippen MR) is 10.4 cm³/mol. The van der Waals surface area contributed by atoms with E-state index in [1.807, 2.05) is 0 Å². The molecule has 0 amide bonds.